The molecular weight excluding hydrogens is 388 g/mol. The lowest BCUT2D eigenvalue weighted by atomic mass is 9.73. The molecule has 1 aliphatic heterocycles. The number of benzene rings is 2. The summed E-state index contributed by atoms with van der Waals surface area (Å²) in [6.45, 7) is 4.12. The van der Waals surface area contributed by atoms with Crippen LogP contribution in [-0.4, -0.2) is 11.6 Å². The number of anilines is 2. The Hall–Kier alpha value is -3.60. The van der Waals surface area contributed by atoms with Crippen LogP contribution in [0.15, 0.2) is 83.1 Å². The Morgan fingerprint density at radius 3 is 2.55 bits per heavy atom. The second-order valence-corrected chi connectivity index (χ2v) is 8.93. The molecule has 5 rings (SSSR count). The number of carbonyl (C=O) groups excluding carboxylic acids is 2. The maximum Gasteiger partial charge on any atom is 0.193 e. The van der Waals surface area contributed by atoms with Crippen molar-refractivity contribution >= 4 is 22.9 Å². The predicted molar refractivity (Wildman–Crippen MR) is 120 cm³/mol. The van der Waals surface area contributed by atoms with Gasteiger partial charge in [0.1, 0.15) is 11.5 Å². The van der Waals surface area contributed by atoms with Crippen LogP contribution in [0.5, 0.6) is 0 Å². The van der Waals surface area contributed by atoms with E-state index in [0.29, 0.717) is 23.3 Å². The second kappa shape index (κ2) is 7.27. The van der Waals surface area contributed by atoms with E-state index >= 15 is 0 Å². The highest BCUT2D eigenvalue weighted by atomic mass is 16.3. The summed E-state index contributed by atoms with van der Waals surface area (Å²) in [6.07, 6.45) is 4.23. The Bertz CT molecular complexity index is 1180. The Morgan fingerprint density at radius 1 is 1.00 bits per heavy atom. The molecule has 0 saturated heterocycles. The Morgan fingerprint density at radius 2 is 1.81 bits per heavy atom. The molecule has 5 heteroatoms. The van der Waals surface area contributed by atoms with Gasteiger partial charge < -0.3 is 15.1 Å². The van der Waals surface area contributed by atoms with Gasteiger partial charge in [-0.2, -0.15) is 0 Å². The minimum atomic E-state index is -0.389. The summed E-state index contributed by atoms with van der Waals surface area (Å²) in [7, 11) is 0. The minimum Gasteiger partial charge on any atom is -0.467 e. The van der Waals surface area contributed by atoms with E-state index in [2.05, 4.69) is 30.6 Å². The predicted octanol–water partition coefficient (Wildman–Crippen LogP) is 5.59. The number of ketones is 2. The fourth-order valence-electron chi connectivity index (χ4n) is 4.55. The van der Waals surface area contributed by atoms with Gasteiger partial charge in [-0.05, 0) is 35.7 Å². The number of hydrogen-bond donors (Lipinski definition) is 2. The molecule has 5 nitrogen and oxygen atoms in total. The summed E-state index contributed by atoms with van der Waals surface area (Å²) in [5.74, 6) is 0.447. The normalized spacial score (nSPS) is 21.6. The summed E-state index contributed by atoms with van der Waals surface area (Å²) in [5, 5.41) is 6.97. The molecule has 2 aliphatic rings. The smallest absolute Gasteiger partial charge is 0.193 e. The van der Waals surface area contributed by atoms with Gasteiger partial charge >= 0.3 is 0 Å². The van der Waals surface area contributed by atoms with Gasteiger partial charge in [0.2, 0.25) is 0 Å². The average molecular weight is 412 g/mol. The fraction of sp³-hybridized carbons (Fsp3) is 0.231. The average Bonchev–Trinajstić information content (AvgIpc) is 3.22. The van der Waals surface area contributed by atoms with Crippen molar-refractivity contribution in [1.82, 2.24) is 0 Å². The topological polar surface area (TPSA) is 71.3 Å². The van der Waals surface area contributed by atoms with E-state index < -0.39 is 0 Å². The number of hydrogen-bond acceptors (Lipinski definition) is 5. The molecule has 0 saturated carbocycles. The lowest BCUT2D eigenvalue weighted by molar-refractivity contribution is -0.124. The van der Waals surface area contributed by atoms with Gasteiger partial charge in [-0.1, -0.05) is 50.3 Å². The zero-order valence-electron chi connectivity index (χ0n) is 17.5. The van der Waals surface area contributed by atoms with Crippen molar-refractivity contribution in [1.29, 1.82) is 0 Å². The van der Waals surface area contributed by atoms with Gasteiger partial charge in [-0.25, -0.2) is 0 Å². The monoisotopic (exact) mass is 412 g/mol. The number of fused-ring (bicyclic) bond motifs is 2. The highest BCUT2D eigenvalue weighted by Crippen LogP contribution is 2.45. The number of Topliss-reactive ketones (excluding diaryl/α,β-unsaturated/α-hetero) is 1. The molecule has 0 radical (unpaired) electrons. The van der Waals surface area contributed by atoms with Crippen LogP contribution in [0.4, 0.5) is 11.4 Å². The van der Waals surface area contributed by atoms with Crippen molar-refractivity contribution in [2.75, 3.05) is 10.6 Å². The zero-order valence-corrected chi connectivity index (χ0v) is 17.5. The number of rotatable bonds is 3. The van der Waals surface area contributed by atoms with Gasteiger partial charge in [0, 0.05) is 23.2 Å². The summed E-state index contributed by atoms with van der Waals surface area (Å²) < 4.78 is 5.69. The number of furan rings is 1. The largest absolute Gasteiger partial charge is 0.467 e. The molecule has 0 fully saturated rings. The molecule has 0 amide bonds. The van der Waals surface area contributed by atoms with Crippen LogP contribution in [0.1, 0.15) is 48.0 Å². The number of allylic oxidation sites excluding steroid dienone is 1. The molecule has 2 aromatic carbocycles. The van der Waals surface area contributed by atoms with Crippen LogP contribution in [0, 0.1) is 11.3 Å². The molecule has 2 N–H and O–H groups in total. The first-order chi connectivity index (χ1) is 14.9. The van der Waals surface area contributed by atoms with Crippen molar-refractivity contribution < 1.29 is 14.0 Å². The maximum absolute atomic E-state index is 13.2. The van der Waals surface area contributed by atoms with Gasteiger partial charge in [-0.3, -0.25) is 9.59 Å². The third kappa shape index (κ3) is 3.56. The highest BCUT2D eigenvalue weighted by molar-refractivity contribution is 6.10. The Kier molecular flexibility index (Phi) is 4.54. The fourth-order valence-corrected chi connectivity index (χ4v) is 4.55. The molecule has 3 aromatic rings. The van der Waals surface area contributed by atoms with Crippen LogP contribution in [-0.2, 0) is 4.79 Å². The van der Waals surface area contributed by atoms with Crippen LogP contribution in [0.25, 0.3) is 0 Å². The van der Waals surface area contributed by atoms with Crippen molar-refractivity contribution in [2.45, 2.75) is 26.3 Å². The van der Waals surface area contributed by atoms with Gasteiger partial charge in [0.25, 0.3) is 0 Å². The standard InChI is InChI=1S/C26H24N2O3/c1-26(2)14-20-23(21(29)15-26)24(22-9-6-12-31-22)28-18-11-10-17(13-19(18)27-20)25(30)16-7-4-3-5-8-16/h3-14,23-24,27-28H,15H2,1-2H3/t23-,24-/m1/s1. The second-order valence-electron chi connectivity index (χ2n) is 8.93. The molecule has 1 aromatic heterocycles. The summed E-state index contributed by atoms with van der Waals surface area (Å²) in [5.41, 5.74) is 3.44. The molecule has 156 valence electrons. The minimum absolute atomic E-state index is 0.0392. The van der Waals surface area contributed by atoms with Crippen molar-refractivity contribution in [3.8, 4) is 0 Å². The van der Waals surface area contributed by atoms with Crippen molar-refractivity contribution in [3.05, 3.63) is 95.6 Å². The highest BCUT2D eigenvalue weighted by Gasteiger charge is 2.42. The van der Waals surface area contributed by atoms with Crippen molar-refractivity contribution in [2.24, 2.45) is 11.3 Å². The lowest BCUT2D eigenvalue weighted by Crippen LogP contribution is -2.36. The van der Waals surface area contributed by atoms with Crippen molar-refractivity contribution in [3.63, 3.8) is 0 Å². The lowest BCUT2D eigenvalue weighted by Gasteiger charge is -2.34. The van der Waals surface area contributed by atoms with E-state index in [0.717, 1.165) is 17.1 Å². The third-order valence-corrected chi connectivity index (χ3v) is 5.95. The number of carbonyl (C=O) groups is 2. The van der Waals surface area contributed by atoms with Gasteiger partial charge in [-0.15, -0.1) is 0 Å². The molecule has 2 heterocycles. The summed E-state index contributed by atoms with van der Waals surface area (Å²) in [4.78, 5) is 26.2. The van der Waals surface area contributed by atoms with E-state index in [4.69, 9.17) is 4.42 Å². The molecule has 0 bridgehead atoms. The third-order valence-electron chi connectivity index (χ3n) is 5.95. The Balaban J connectivity index is 1.60. The first-order valence-corrected chi connectivity index (χ1v) is 10.5. The van der Waals surface area contributed by atoms with Gasteiger partial charge in [0.05, 0.1) is 29.6 Å². The van der Waals surface area contributed by atoms with E-state index in [1.165, 1.54) is 0 Å². The van der Waals surface area contributed by atoms with Crippen LogP contribution in [0.3, 0.4) is 0 Å². The molecule has 0 spiro atoms. The van der Waals surface area contributed by atoms with Gasteiger partial charge in [0.15, 0.2) is 5.78 Å². The SMILES string of the molecule is CC1(C)C=C2Nc3cc(C(=O)c4ccccc4)ccc3N[C@H](c3ccco3)[C@H]2C(=O)C1. The van der Waals surface area contributed by atoms with E-state index in [1.54, 1.807) is 6.26 Å². The number of nitrogens with one attached hydrogen (secondary N) is 2. The molecule has 31 heavy (non-hydrogen) atoms. The van der Waals surface area contributed by atoms with Crippen LogP contribution >= 0.6 is 0 Å². The van der Waals surface area contributed by atoms with Crippen LogP contribution < -0.4 is 10.6 Å². The van der Waals surface area contributed by atoms with E-state index in [9.17, 15) is 9.59 Å². The molecule has 2 atom stereocenters. The first-order valence-electron chi connectivity index (χ1n) is 10.5. The van der Waals surface area contributed by atoms with E-state index in [1.807, 2.05) is 60.7 Å². The van der Waals surface area contributed by atoms with E-state index in [-0.39, 0.29) is 28.9 Å². The van der Waals surface area contributed by atoms with Crippen LogP contribution in [0.2, 0.25) is 0 Å². The zero-order chi connectivity index (χ0) is 21.6. The quantitative estimate of drug-likeness (QED) is 0.549. The molecule has 0 unspecified atom stereocenters. The maximum atomic E-state index is 13.2. The first kappa shape index (κ1) is 19.4. The molecular formula is C26H24N2O3. The summed E-state index contributed by atoms with van der Waals surface area (Å²) in [6, 6.07) is 18.2. The summed E-state index contributed by atoms with van der Waals surface area (Å²) >= 11 is 0. The molecule has 1 aliphatic carbocycles. The Labute approximate surface area is 181 Å².